The first kappa shape index (κ1) is 40.6. The van der Waals surface area contributed by atoms with Crippen molar-refractivity contribution in [1.82, 2.24) is 0 Å². The van der Waals surface area contributed by atoms with E-state index in [0.717, 1.165) is 75.9 Å². The maximum absolute atomic E-state index is 14.0. The van der Waals surface area contributed by atoms with Crippen molar-refractivity contribution in [3.63, 3.8) is 0 Å². The Bertz CT molecular complexity index is 2030. The summed E-state index contributed by atoms with van der Waals surface area (Å²) in [5, 5.41) is 0. The van der Waals surface area contributed by atoms with Gasteiger partial charge >= 0.3 is 0 Å². The van der Waals surface area contributed by atoms with Crippen LogP contribution in [0, 0.1) is 32.5 Å². The van der Waals surface area contributed by atoms with Crippen LogP contribution in [0.3, 0.4) is 0 Å². The molecule has 282 valence electrons. The largest absolute Gasteiger partial charge is 0.289 e. The third kappa shape index (κ3) is 7.81. The third-order valence-corrected chi connectivity index (χ3v) is 11.7. The van der Waals surface area contributed by atoms with Crippen molar-refractivity contribution in [3.05, 3.63) is 113 Å². The van der Waals surface area contributed by atoms with Gasteiger partial charge in [-0.15, -0.1) is 11.3 Å². The van der Waals surface area contributed by atoms with E-state index in [1.807, 2.05) is 0 Å². The molecule has 4 aliphatic carbocycles. The van der Waals surface area contributed by atoms with E-state index in [1.165, 1.54) is 0 Å². The van der Waals surface area contributed by atoms with Gasteiger partial charge in [-0.25, -0.2) is 0 Å². The summed E-state index contributed by atoms with van der Waals surface area (Å²) in [6.07, 6.45) is 12.6. The number of carbonyl (C=O) groups is 3. The molecule has 1 aromatic rings. The van der Waals surface area contributed by atoms with Crippen molar-refractivity contribution >= 4 is 39.8 Å². The molecule has 0 atom stereocenters. The van der Waals surface area contributed by atoms with Crippen LogP contribution in [0.4, 0.5) is 0 Å². The highest BCUT2D eigenvalue weighted by Crippen LogP contribution is 2.55. The maximum atomic E-state index is 14.0. The first-order chi connectivity index (χ1) is 23.8. The quantitative estimate of drug-likeness (QED) is 0.267. The minimum Gasteiger partial charge on any atom is -0.289 e. The number of Topliss-reactive ketones (excluding diaryl/α,β-unsaturated/α-hetero) is 3. The Balaban J connectivity index is 1.96. The second-order valence-electron chi connectivity index (χ2n) is 21.5. The van der Waals surface area contributed by atoms with E-state index in [-0.39, 0.29) is 49.8 Å². The molecule has 5 rings (SSSR count). The van der Waals surface area contributed by atoms with E-state index in [1.54, 1.807) is 11.3 Å². The summed E-state index contributed by atoms with van der Waals surface area (Å²) in [5.41, 5.74) is 9.51. The number of allylic oxidation sites excluding steroid dienone is 16. The number of hydrogen-bond donors (Lipinski definition) is 0. The zero-order chi connectivity index (χ0) is 40.2. The predicted octanol–water partition coefficient (Wildman–Crippen LogP) is 11.2. The lowest BCUT2D eigenvalue weighted by molar-refractivity contribution is -0.114. The Morgan fingerprint density at radius 1 is 0.321 bits per heavy atom. The summed E-state index contributed by atoms with van der Waals surface area (Å²) in [5.74, 6) is 0.359. The van der Waals surface area contributed by atoms with Crippen LogP contribution >= 0.6 is 11.3 Å². The fourth-order valence-electron chi connectivity index (χ4n) is 7.30. The van der Waals surface area contributed by atoms with Crippen LogP contribution in [-0.4, -0.2) is 17.3 Å². The van der Waals surface area contributed by atoms with E-state index in [0.29, 0.717) is 0 Å². The Labute approximate surface area is 323 Å². The Morgan fingerprint density at radius 2 is 0.547 bits per heavy atom. The highest BCUT2D eigenvalue weighted by atomic mass is 32.1. The summed E-state index contributed by atoms with van der Waals surface area (Å²) in [6.45, 7) is 38.0. The molecule has 0 bridgehead atoms. The van der Waals surface area contributed by atoms with Crippen molar-refractivity contribution in [2.75, 3.05) is 0 Å². The van der Waals surface area contributed by atoms with Gasteiger partial charge in [0.05, 0.1) is 0 Å². The average Bonchev–Trinajstić information content (AvgIpc) is 3.51. The third-order valence-electron chi connectivity index (χ3n) is 10.5. The topological polar surface area (TPSA) is 51.2 Å². The van der Waals surface area contributed by atoms with Crippen LogP contribution in [0.5, 0.6) is 0 Å². The van der Waals surface area contributed by atoms with Gasteiger partial charge in [0.15, 0.2) is 17.3 Å². The minimum absolute atomic E-state index is 0.114. The normalized spacial score (nSPS) is 19.7. The van der Waals surface area contributed by atoms with Crippen LogP contribution in [0.1, 0.15) is 125 Å². The molecule has 4 heteroatoms. The summed E-state index contributed by atoms with van der Waals surface area (Å²) in [6, 6.07) is 4.39. The van der Waals surface area contributed by atoms with Gasteiger partial charge in [0.25, 0.3) is 0 Å². The summed E-state index contributed by atoms with van der Waals surface area (Å²) in [4.78, 5) is 41.8. The fourth-order valence-corrected chi connectivity index (χ4v) is 8.35. The molecule has 4 aliphatic rings. The van der Waals surface area contributed by atoms with Crippen LogP contribution in [0.2, 0.25) is 0 Å². The molecule has 1 heterocycles. The molecule has 1 aromatic heterocycles. The van der Waals surface area contributed by atoms with Gasteiger partial charge in [-0.1, -0.05) is 125 Å². The molecule has 0 amide bonds. The molecular weight excluding hydrogens is 669 g/mol. The van der Waals surface area contributed by atoms with Crippen LogP contribution in [0.15, 0.2) is 104 Å². The van der Waals surface area contributed by atoms with Gasteiger partial charge in [0.1, 0.15) is 0 Å². The molecule has 3 nitrogen and oxygen atoms in total. The van der Waals surface area contributed by atoms with E-state index in [9.17, 15) is 14.4 Å². The van der Waals surface area contributed by atoms with Gasteiger partial charge in [-0.05, 0) is 109 Å². The molecular formula is C49H62O3S. The van der Waals surface area contributed by atoms with E-state index in [2.05, 4.69) is 173 Å². The van der Waals surface area contributed by atoms with Gasteiger partial charge in [-0.3, -0.25) is 14.4 Å². The standard InChI is InChI=1S/C49H62O3S/c1-44(2,3)30-21-27(22-31(41(30)50)45(4,5)6)36-19-20-37(53-36)40-38(28-23-32(46(7,8)9)42(51)33(24-28)47(10,11)12)39(40)29-25-34(48(13,14)15)43(52)35(26-29)49(16,17)18/h19-26H,1-18H3. The lowest BCUT2D eigenvalue weighted by atomic mass is 9.71. The van der Waals surface area contributed by atoms with Gasteiger partial charge < -0.3 is 0 Å². The molecule has 1 saturated carbocycles. The molecule has 0 radical (unpaired) electrons. The zero-order valence-electron chi connectivity index (χ0n) is 35.8. The van der Waals surface area contributed by atoms with Crippen molar-refractivity contribution < 1.29 is 14.4 Å². The SMILES string of the molecule is CC(C)(C)C1=CC(=C2C(=C3C=C(C(C)(C)C)C(=O)C(C(C)(C)C)=C3)C2=c2ccc(=C3C=C(C(C)(C)C)C(=O)C(C(C)(C)C)=C3)s2)C=C(C(C)(C)C)C1=O. The Kier molecular flexibility index (Phi) is 9.73. The number of rotatable bonds is 0. The number of hydrogen-bond acceptors (Lipinski definition) is 4. The van der Waals surface area contributed by atoms with Crippen molar-refractivity contribution in [3.8, 4) is 0 Å². The molecule has 0 aliphatic heterocycles. The van der Waals surface area contributed by atoms with Crippen LogP contribution in [0.25, 0.3) is 11.1 Å². The van der Waals surface area contributed by atoms with E-state index >= 15 is 0 Å². The van der Waals surface area contributed by atoms with Gasteiger partial charge in [-0.2, -0.15) is 0 Å². The number of ketones is 3. The van der Waals surface area contributed by atoms with E-state index in [4.69, 9.17) is 0 Å². The molecule has 0 aromatic carbocycles. The molecule has 1 fully saturated rings. The highest BCUT2D eigenvalue weighted by molar-refractivity contribution is 7.08. The van der Waals surface area contributed by atoms with Gasteiger partial charge in [0, 0.05) is 48.1 Å². The predicted molar refractivity (Wildman–Crippen MR) is 225 cm³/mol. The molecule has 0 N–H and O–H groups in total. The van der Waals surface area contributed by atoms with Gasteiger partial charge in [0.2, 0.25) is 0 Å². The minimum atomic E-state index is -0.342. The van der Waals surface area contributed by atoms with Crippen molar-refractivity contribution in [2.45, 2.75) is 125 Å². The number of carbonyl (C=O) groups excluding carboxylic acids is 3. The fraction of sp³-hybridized carbons (Fsp3) is 0.490. The zero-order valence-corrected chi connectivity index (χ0v) is 36.6. The second kappa shape index (κ2) is 12.7. The highest BCUT2D eigenvalue weighted by Gasteiger charge is 2.43. The molecule has 53 heavy (non-hydrogen) atoms. The van der Waals surface area contributed by atoms with Crippen LogP contribution < -0.4 is 9.06 Å². The Hall–Kier alpha value is -3.63. The monoisotopic (exact) mass is 730 g/mol. The smallest absolute Gasteiger partial charge is 0.186 e. The Morgan fingerprint density at radius 3 is 0.792 bits per heavy atom. The molecule has 0 saturated heterocycles. The first-order valence-electron chi connectivity index (χ1n) is 19.1. The number of thiophene rings is 1. The van der Waals surface area contributed by atoms with Crippen LogP contribution in [-0.2, 0) is 14.4 Å². The molecule has 0 spiro atoms. The lowest BCUT2D eigenvalue weighted by Gasteiger charge is -2.31. The summed E-state index contributed by atoms with van der Waals surface area (Å²) in [7, 11) is 0. The summed E-state index contributed by atoms with van der Waals surface area (Å²) >= 11 is 1.74. The lowest BCUT2D eigenvalue weighted by Crippen LogP contribution is -2.28. The maximum Gasteiger partial charge on any atom is 0.186 e. The second-order valence-corrected chi connectivity index (χ2v) is 22.6. The van der Waals surface area contributed by atoms with Crippen molar-refractivity contribution in [1.29, 1.82) is 0 Å². The summed E-state index contributed by atoms with van der Waals surface area (Å²) < 4.78 is 2.24. The van der Waals surface area contributed by atoms with Crippen molar-refractivity contribution in [2.24, 2.45) is 32.5 Å². The first-order valence-corrected chi connectivity index (χ1v) is 20.0. The molecule has 0 unspecified atom stereocenters. The van der Waals surface area contributed by atoms with E-state index < -0.39 is 0 Å². The average molecular weight is 731 g/mol.